The molecule has 1 aromatic carbocycles. The van der Waals surface area contributed by atoms with E-state index >= 15 is 0 Å². The van der Waals surface area contributed by atoms with Crippen LogP contribution in [0.3, 0.4) is 0 Å². The number of likely N-dealkylation sites (tertiary alicyclic amines) is 1. The van der Waals surface area contributed by atoms with E-state index in [1.807, 2.05) is 30.3 Å². The Morgan fingerprint density at radius 3 is 2.85 bits per heavy atom. The van der Waals surface area contributed by atoms with Gasteiger partial charge >= 0.3 is 0 Å². The van der Waals surface area contributed by atoms with Gasteiger partial charge in [-0.15, -0.1) is 0 Å². The van der Waals surface area contributed by atoms with Crippen molar-refractivity contribution < 1.29 is 14.6 Å². The van der Waals surface area contributed by atoms with Gasteiger partial charge in [-0.1, -0.05) is 30.3 Å². The summed E-state index contributed by atoms with van der Waals surface area (Å²) >= 11 is 0. The molecule has 1 fully saturated rings. The number of hydrogen-bond acceptors (Lipinski definition) is 4. The fourth-order valence-corrected chi connectivity index (χ4v) is 2.24. The summed E-state index contributed by atoms with van der Waals surface area (Å²) in [5, 5.41) is 12.9. The number of aliphatic hydroxyl groups excluding tert-OH is 1. The van der Waals surface area contributed by atoms with Crippen LogP contribution in [0.15, 0.2) is 30.3 Å². The molecule has 0 bridgehead atoms. The summed E-state index contributed by atoms with van der Waals surface area (Å²) < 4.78 is 5.46. The molecule has 0 saturated carbocycles. The molecule has 2 N–H and O–H groups in total. The average molecular weight is 278 g/mol. The van der Waals surface area contributed by atoms with Crippen LogP contribution in [0.1, 0.15) is 12.0 Å². The van der Waals surface area contributed by atoms with Crippen molar-refractivity contribution in [3.8, 4) is 0 Å². The molecule has 2 rings (SSSR count). The Kier molecular flexibility index (Phi) is 5.52. The quantitative estimate of drug-likeness (QED) is 0.757. The zero-order valence-corrected chi connectivity index (χ0v) is 11.8. The van der Waals surface area contributed by atoms with Gasteiger partial charge in [0.25, 0.3) is 0 Å². The third-order valence-corrected chi connectivity index (χ3v) is 3.45. The molecule has 1 heterocycles. The molecule has 0 aromatic heterocycles. The number of rotatable bonds is 7. The lowest BCUT2D eigenvalue weighted by Crippen LogP contribution is -2.41. The Bertz CT molecular complexity index is 424. The van der Waals surface area contributed by atoms with E-state index in [0.717, 1.165) is 18.5 Å². The first-order valence-corrected chi connectivity index (χ1v) is 6.95. The highest BCUT2D eigenvalue weighted by atomic mass is 16.5. The van der Waals surface area contributed by atoms with Crippen LogP contribution >= 0.6 is 0 Å². The van der Waals surface area contributed by atoms with Crippen molar-refractivity contribution in [2.45, 2.75) is 25.2 Å². The Labute approximate surface area is 119 Å². The normalized spacial score (nSPS) is 20.4. The lowest BCUT2D eigenvalue weighted by Gasteiger charge is -2.16. The minimum Gasteiger partial charge on any atom is -0.389 e. The number of amides is 1. The van der Waals surface area contributed by atoms with Crippen LogP contribution in [-0.4, -0.2) is 54.8 Å². The number of carbonyl (C=O) groups excluding carboxylic acids is 1. The second kappa shape index (κ2) is 7.38. The number of nitrogens with zero attached hydrogens (tertiary/aromatic N) is 1. The molecule has 5 nitrogen and oxygen atoms in total. The Balaban J connectivity index is 1.61. The summed E-state index contributed by atoms with van der Waals surface area (Å²) in [4.78, 5) is 13.4. The number of ether oxygens (including phenoxy) is 1. The topological polar surface area (TPSA) is 61.8 Å². The third kappa shape index (κ3) is 4.30. The summed E-state index contributed by atoms with van der Waals surface area (Å²) in [7, 11) is 1.80. The molecule has 0 radical (unpaired) electrons. The predicted molar refractivity (Wildman–Crippen MR) is 76.1 cm³/mol. The number of benzene rings is 1. The van der Waals surface area contributed by atoms with Gasteiger partial charge in [0.1, 0.15) is 0 Å². The average Bonchev–Trinajstić information content (AvgIpc) is 2.78. The van der Waals surface area contributed by atoms with Gasteiger partial charge in [0.15, 0.2) is 0 Å². The van der Waals surface area contributed by atoms with Crippen LogP contribution in [-0.2, 0) is 16.1 Å². The van der Waals surface area contributed by atoms with Crippen molar-refractivity contribution in [1.82, 2.24) is 10.2 Å². The predicted octanol–water partition coefficient (Wildman–Crippen LogP) is 0.384. The van der Waals surface area contributed by atoms with Crippen LogP contribution in [0.2, 0.25) is 0 Å². The number of aliphatic hydroxyl groups is 1. The van der Waals surface area contributed by atoms with Crippen LogP contribution in [0.4, 0.5) is 0 Å². The van der Waals surface area contributed by atoms with Crippen LogP contribution in [0.5, 0.6) is 0 Å². The molecule has 1 aliphatic rings. The minimum absolute atomic E-state index is 0.0994. The van der Waals surface area contributed by atoms with Crippen molar-refractivity contribution in [3.05, 3.63) is 35.9 Å². The van der Waals surface area contributed by atoms with Gasteiger partial charge in [0.2, 0.25) is 5.91 Å². The maximum absolute atomic E-state index is 11.7. The summed E-state index contributed by atoms with van der Waals surface area (Å²) in [6, 6.07) is 9.68. The number of likely N-dealkylation sites (N-methyl/N-ethyl adjacent to an activating group) is 1. The Morgan fingerprint density at radius 1 is 1.45 bits per heavy atom. The summed E-state index contributed by atoms with van der Waals surface area (Å²) in [6.45, 7) is 1.90. The number of hydrogen-bond donors (Lipinski definition) is 2. The molecular weight excluding hydrogens is 256 g/mol. The largest absolute Gasteiger partial charge is 0.389 e. The highest BCUT2D eigenvalue weighted by molar-refractivity contribution is 5.83. The van der Waals surface area contributed by atoms with Gasteiger partial charge in [0, 0.05) is 20.1 Å². The maximum Gasteiger partial charge on any atom is 0.239 e. The van der Waals surface area contributed by atoms with Crippen molar-refractivity contribution in [1.29, 1.82) is 0 Å². The van der Waals surface area contributed by atoms with E-state index in [1.54, 1.807) is 11.9 Å². The van der Waals surface area contributed by atoms with E-state index < -0.39 is 6.10 Å². The molecule has 20 heavy (non-hydrogen) atoms. The van der Waals surface area contributed by atoms with E-state index in [0.29, 0.717) is 13.2 Å². The first kappa shape index (κ1) is 15.0. The minimum atomic E-state index is -0.600. The van der Waals surface area contributed by atoms with Gasteiger partial charge in [-0.3, -0.25) is 4.79 Å². The second-order valence-corrected chi connectivity index (χ2v) is 5.16. The van der Waals surface area contributed by atoms with Gasteiger partial charge in [-0.05, 0) is 12.0 Å². The zero-order chi connectivity index (χ0) is 14.4. The molecule has 1 amide bonds. The van der Waals surface area contributed by atoms with Crippen LogP contribution in [0, 0.1) is 0 Å². The monoisotopic (exact) mass is 278 g/mol. The SMILES string of the molecule is CN1CCC(NCC(O)COCc2ccccc2)C1=O. The first-order valence-electron chi connectivity index (χ1n) is 6.95. The van der Waals surface area contributed by atoms with E-state index in [2.05, 4.69) is 5.32 Å². The van der Waals surface area contributed by atoms with E-state index in [-0.39, 0.29) is 18.6 Å². The van der Waals surface area contributed by atoms with Gasteiger partial charge in [-0.25, -0.2) is 0 Å². The van der Waals surface area contributed by atoms with Crippen LogP contribution < -0.4 is 5.32 Å². The zero-order valence-electron chi connectivity index (χ0n) is 11.8. The van der Waals surface area contributed by atoms with Crippen molar-refractivity contribution >= 4 is 5.91 Å². The highest BCUT2D eigenvalue weighted by Crippen LogP contribution is 2.08. The molecule has 0 spiro atoms. The maximum atomic E-state index is 11.7. The summed E-state index contributed by atoms with van der Waals surface area (Å²) in [6.07, 6.45) is 0.199. The summed E-state index contributed by atoms with van der Waals surface area (Å²) in [5.74, 6) is 0.0994. The standard InChI is InChI=1S/C15H22N2O3/c1-17-8-7-14(15(17)19)16-9-13(18)11-20-10-12-5-3-2-4-6-12/h2-6,13-14,16,18H,7-11H2,1H3. The van der Waals surface area contributed by atoms with Crippen molar-refractivity contribution in [3.63, 3.8) is 0 Å². The molecule has 1 aromatic rings. The molecule has 5 heteroatoms. The lowest BCUT2D eigenvalue weighted by molar-refractivity contribution is -0.128. The first-order chi connectivity index (χ1) is 9.66. The van der Waals surface area contributed by atoms with E-state index in [4.69, 9.17) is 4.74 Å². The smallest absolute Gasteiger partial charge is 0.239 e. The van der Waals surface area contributed by atoms with E-state index in [9.17, 15) is 9.90 Å². The molecule has 2 atom stereocenters. The van der Waals surface area contributed by atoms with Crippen molar-refractivity contribution in [2.24, 2.45) is 0 Å². The second-order valence-electron chi connectivity index (χ2n) is 5.16. The molecular formula is C15H22N2O3. The molecule has 1 saturated heterocycles. The number of carbonyl (C=O) groups is 1. The van der Waals surface area contributed by atoms with Crippen molar-refractivity contribution in [2.75, 3.05) is 26.7 Å². The lowest BCUT2D eigenvalue weighted by atomic mass is 10.2. The fraction of sp³-hybridized carbons (Fsp3) is 0.533. The molecule has 110 valence electrons. The van der Waals surface area contributed by atoms with Gasteiger partial charge in [0.05, 0.1) is 25.4 Å². The molecule has 1 aliphatic heterocycles. The van der Waals surface area contributed by atoms with Crippen LogP contribution in [0.25, 0.3) is 0 Å². The fourth-order valence-electron chi connectivity index (χ4n) is 2.24. The van der Waals surface area contributed by atoms with Gasteiger partial charge < -0.3 is 20.1 Å². The van der Waals surface area contributed by atoms with E-state index in [1.165, 1.54) is 0 Å². The molecule has 2 unspecified atom stereocenters. The Morgan fingerprint density at radius 2 is 2.20 bits per heavy atom. The third-order valence-electron chi connectivity index (χ3n) is 3.45. The summed E-state index contributed by atoms with van der Waals surface area (Å²) in [5.41, 5.74) is 1.08. The molecule has 0 aliphatic carbocycles. The Hall–Kier alpha value is -1.43. The number of nitrogens with one attached hydrogen (secondary N) is 1. The van der Waals surface area contributed by atoms with Gasteiger partial charge in [-0.2, -0.15) is 0 Å². The highest BCUT2D eigenvalue weighted by Gasteiger charge is 2.28.